The van der Waals surface area contributed by atoms with E-state index in [0.717, 1.165) is 12.1 Å². The number of hydrogen-bond donors (Lipinski definition) is 10. The van der Waals surface area contributed by atoms with Crippen LogP contribution in [0, 0.1) is 0 Å². The molecule has 234 valence electrons. The summed E-state index contributed by atoms with van der Waals surface area (Å²) in [4.78, 5) is 12.5. The summed E-state index contributed by atoms with van der Waals surface area (Å²) < 4.78 is 11.7. The maximum absolute atomic E-state index is 12.5. The van der Waals surface area contributed by atoms with Crippen LogP contribution in [0.1, 0.15) is 51.5 Å². The summed E-state index contributed by atoms with van der Waals surface area (Å²) in [7, 11) is 0. The van der Waals surface area contributed by atoms with Gasteiger partial charge in [0.05, 0.1) is 29.3 Å². The average molecular weight is 621 g/mol. The molecule has 45 heavy (non-hydrogen) atoms. The molecule has 2 aliphatic rings. The molecule has 0 aromatic heterocycles. The number of hydrogen-bond acceptors (Lipinski definition) is 13. The zero-order valence-electron chi connectivity index (χ0n) is 23.2. The first-order valence-corrected chi connectivity index (χ1v) is 13.7. The van der Waals surface area contributed by atoms with E-state index < -0.39 is 64.8 Å². The van der Waals surface area contributed by atoms with Crippen molar-refractivity contribution in [2.45, 2.75) is 43.2 Å². The lowest BCUT2D eigenvalue weighted by Crippen LogP contribution is -2.31. The number of ether oxygens (including phenoxy) is 2. The second kappa shape index (κ2) is 10.9. The fraction of sp³-hybridized carbons (Fsp3) is 0.219. The fourth-order valence-electron chi connectivity index (χ4n) is 5.96. The van der Waals surface area contributed by atoms with Gasteiger partial charge in [0.2, 0.25) is 0 Å². The van der Waals surface area contributed by atoms with Gasteiger partial charge in [-0.1, -0.05) is 12.1 Å². The summed E-state index contributed by atoms with van der Waals surface area (Å²) in [5.41, 5.74) is -0.125. The van der Waals surface area contributed by atoms with Crippen molar-refractivity contribution < 1.29 is 65.3 Å². The first kappa shape index (κ1) is 29.5. The van der Waals surface area contributed by atoms with Crippen LogP contribution in [0.4, 0.5) is 0 Å². The second-order valence-electron chi connectivity index (χ2n) is 11.0. The van der Waals surface area contributed by atoms with Crippen LogP contribution in [-0.2, 0) is 17.6 Å². The normalized spacial score (nSPS) is 20.5. The number of rotatable bonds is 5. The molecule has 6 rings (SSSR count). The summed E-state index contributed by atoms with van der Waals surface area (Å²) >= 11 is 0. The van der Waals surface area contributed by atoms with Gasteiger partial charge in [0.15, 0.2) is 23.0 Å². The van der Waals surface area contributed by atoms with Crippen LogP contribution < -0.4 is 9.47 Å². The van der Waals surface area contributed by atoms with E-state index in [-0.39, 0.29) is 64.4 Å². The molecule has 13 heteroatoms. The van der Waals surface area contributed by atoms with Gasteiger partial charge < -0.3 is 65.3 Å². The topological polar surface area (TPSA) is 238 Å². The van der Waals surface area contributed by atoms with Crippen LogP contribution >= 0.6 is 0 Å². The quantitative estimate of drug-likeness (QED) is 0.114. The van der Waals surface area contributed by atoms with Gasteiger partial charge in [-0.3, -0.25) is 0 Å². The minimum Gasteiger partial charge on any atom is -0.507 e. The Kier molecular flexibility index (Phi) is 7.14. The lowest BCUT2D eigenvalue weighted by Gasteiger charge is -2.33. The maximum Gasteiger partial charge on any atom is 0.157 e. The SMILES string of the molecule is O=CC(c1c(O)cc2c(c1O)C[C@H](O)[C@@H](c1ccc(O)c(O)c1)O2)c1c(O)cc2c(c1O)C[C@H](O)[C@@H](c1ccc(O)c(O)c1)O2. The van der Waals surface area contributed by atoms with E-state index >= 15 is 0 Å². The Bertz CT molecular complexity index is 1710. The number of carbonyl (C=O) groups is 1. The lowest BCUT2D eigenvalue weighted by atomic mass is 9.83. The van der Waals surface area contributed by atoms with Gasteiger partial charge in [-0.05, 0) is 35.4 Å². The molecule has 0 amide bonds. The molecule has 4 atom stereocenters. The van der Waals surface area contributed by atoms with Gasteiger partial charge in [0.1, 0.15) is 53.0 Å². The highest BCUT2D eigenvalue weighted by molar-refractivity contribution is 5.79. The number of carbonyl (C=O) groups excluding carboxylic acids is 1. The molecule has 2 heterocycles. The number of fused-ring (bicyclic) bond motifs is 2. The molecule has 13 nitrogen and oxygen atoms in total. The molecule has 4 aromatic carbocycles. The van der Waals surface area contributed by atoms with Crippen LogP contribution in [0.15, 0.2) is 48.5 Å². The molecule has 4 aromatic rings. The molecular weight excluding hydrogens is 592 g/mol. The van der Waals surface area contributed by atoms with Crippen molar-refractivity contribution in [3.63, 3.8) is 0 Å². The summed E-state index contributed by atoms with van der Waals surface area (Å²) in [5.74, 6) is -5.88. The molecule has 0 saturated carbocycles. The first-order valence-electron chi connectivity index (χ1n) is 13.7. The van der Waals surface area contributed by atoms with Gasteiger partial charge in [-0.25, -0.2) is 0 Å². The number of aliphatic hydroxyl groups excluding tert-OH is 2. The molecule has 0 unspecified atom stereocenters. The van der Waals surface area contributed by atoms with E-state index in [0.29, 0.717) is 11.1 Å². The van der Waals surface area contributed by atoms with Gasteiger partial charge >= 0.3 is 0 Å². The molecule has 10 N–H and O–H groups in total. The number of phenols is 8. The minimum absolute atomic E-state index is 0.0251. The van der Waals surface area contributed by atoms with Crippen LogP contribution in [0.2, 0.25) is 0 Å². The van der Waals surface area contributed by atoms with Gasteiger partial charge in [-0.2, -0.15) is 0 Å². The van der Waals surface area contributed by atoms with Crippen LogP contribution in [0.25, 0.3) is 0 Å². The molecule has 0 spiro atoms. The van der Waals surface area contributed by atoms with Crippen molar-refractivity contribution in [2.75, 3.05) is 0 Å². The van der Waals surface area contributed by atoms with Crippen molar-refractivity contribution in [3.8, 4) is 57.5 Å². The Balaban J connectivity index is 1.37. The van der Waals surface area contributed by atoms with Crippen molar-refractivity contribution >= 4 is 6.29 Å². The average Bonchev–Trinajstić information content (AvgIpc) is 2.99. The predicted octanol–water partition coefficient (Wildman–Crippen LogP) is 2.74. The van der Waals surface area contributed by atoms with E-state index in [4.69, 9.17) is 9.47 Å². The van der Waals surface area contributed by atoms with E-state index in [1.54, 1.807) is 0 Å². The van der Waals surface area contributed by atoms with E-state index in [1.807, 2.05) is 0 Å². The Morgan fingerprint density at radius 1 is 0.578 bits per heavy atom. The van der Waals surface area contributed by atoms with Crippen molar-refractivity contribution in [1.29, 1.82) is 0 Å². The number of aliphatic hydroxyl groups is 2. The number of phenolic OH excluding ortho intramolecular Hbond substituents is 8. The summed E-state index contributed by atoms with van der Waals surface area (Å²) in [6.07, 6.45) is -4.80. The molecule has 2 aliphatic heterocycles. The highest BCUT2D eigenvalue weighted by Crippen LogP contribution is 2.53. The molecule has 0 bridgehead atoms. The Morgan fingerprint density at radius 2 is 0.978 bits per heavy atom. The third-order valence-electron chi connectivity index (χ3n) is 8.21. The maximum atomic E-state index is 12.5. The number of benzene rings is 4. The Hall–Kier alpha value is -5.53. The lowest BCUT2D eigenvalue weighted by molar-refractivity contribution is -0.108. The standard InChI is InChI=1S/C32H28O13/c33-11-16(27-21(38)9-25-14(29(27)42)7-23(40)31(44-25)12-1-3-17(34)19(36)5-12)28-22(39)10-26-15(30(28)43)8-24(41)32(45-26)13-2-4-18(35)20(37)6-13/h1-6,9-11,16,23-24,31-32,34-43H,7-8H2/t23-,24-,31+,32+/m0/s1. The van der Waals surface area contributed by atoms with Crippen LogP contribution in [-0.4, -0.2) is 69.6 Å². The summed E-state index contributed by atoms with van der Waals surface area (Å²) in [6.45, 7) is 0. The molecule has 0 radical (unpaired) electrons. The van der Waals surface area contributed by atoms with Gasteiger partial charge in [0, 0.05) is 36.1 Å². The third-order valence-corrected chi connectivity index (χ3v) is 8.21. The molecule has 0 aliphatic carbocycles. The van der Waals surface area contributed by atoms with E-state index in [1.165, 1.54) is 36.4 Å². The van der Waals surface area contributed by atoms with E-state index in [9.17, 15) is 55.9 Å². The predicted molar refractivity (Wildman–Crippen MR) is 153 cm³/mol. The molecule has 0 fully saturated rings. The van der Waals surface area contributed by atoms with Gasteiger partial charge in [-0.15, -0.1) is 0 Å². The highest BCUT2D eigenvalue weighted by Gasteiger charge is 2.39. The first-order chi connectivity index (χ1) is 21.4. The monoisotopic (exact) mass is 620 g/mol. The molecule has 0 saturated heterocycles. The van der Waals surface area contributed by atoms with Gasteiger partial charge in [0.25, 0.3) is 0 Å². The van der Waals surface area contributed by atoms with Crippen molar-refractivity contribution in [1.82, 2.24) is 0 Å². The minimum atomic E-state index is -1.63. The summed E-state index contributed by atoms with van der Waals surface area (Å²) in [5, 5.41) is 105. The smallest absolute Gasteiger partial charge is 0.157 e. The number of aromatic hydroxyl groups is 8. The number of aldehydes is 1. The van der Waals surface area contributed by atoms with E-state index in [2.05, 4.69) is 0 Å². The van der Waals surface area contributed by atoms with Crippen molar-refractivity contribution in [2.24, 2.45) is 0 Å². The summed E-state index contributed by atoms with van der Waals surface area (Å²) in [6, 6.07) is 9.88. The Morgan fingerprint density at radius 3 is 1.33 bits per heavy atom. The largest absolute Gasteiger partial charge is 0.507 e. The third kappa shape index (κ3) is 4.87. The second-order valence-corrected chi connectivity index (χ2v) is 11.0. The van der Waals surface area contributed by atoms with Crippen LogP contribution in [0.3, 0.4) is 0 Å². The zero-order chi connectivity index (χ0) is 32.3. The zero-order valence-corrected chi connectivity index (χ0v) is 23.2. The fourth-order valence-corrected chi connectivity index (χ4v) is 5.96. The van der Waals surface area contributed by atoms with Crippen molar-refractivity contribution in [3.05, 3.63) is 81.9 Å². The molecular formula is C32H28O13. The van der Waals surface area contributed by atoms with Crippen LogP contribution in [0.5, 0.6) is 57.5 Å². The highest BCUT2D eigenvalue weighted by atomic mass is 16.5. The Labute approximate surface area is 254 Å².